The largest absolute Gasteiger partial charge is 0.459 e. The van der Waals surface area contributed by atoms with Crippen LogP contribution in [0.15, 0.2) is 67.3 Å². The molecule has 1 aliphatic carbocycles. The first-order valence-electron chi connectivity index (χ1n) is 12.2. The number of esters is 1. The van der Waals surface area contributed by atoms with E-state index in [0.29, 0.717) is 42.9 Å². The summed E-state index contributed by atoms with van der Waals surface area (Å²) in [6.45, 7) is 3.55. The molecule has 2 heterocycles. The van der Waals surface area contributed by atoms with E-state index >= 15 is 0 Å². The molecular weight excluding hydrogens is 473 g/mol. The number of ether oxygens (including phenoxy) is 1. The minimum Gasteiger partial charge on any atom is -0.459 e. The second kappa shape index (κ2) is 10.1. The summed E-state index contributed by atoms with van der Waals surface area (Å²) in [4.78, 5) is 25.0. The lowest BCUT2D eigenvalue weighted by atomic mass is 9.81. The molecule has 0 atom stereocenters. The molecule has 9 heteroatoms. The quantitative estimate of drug-likeness (QED) is 0.352. The van der Waals surface area contributed by atoms with E-state index in [1.807, 2.05) is 42.0 Å². The summed E-state index contributed by atoms with van der Waals surface area (Å²) in [7, 11) is 0. The van der Waals surface area contributed by atoms with Crippen molar-refractivity contribution in [1.82, 2.24) is 19.5 Å². The molecule has 0 bridgehead atoms. The molecular formula is C28H28FN5O3. The van der Waals surface area contributed by atoms with Crippen LogP contribution in [0, 0.1) is 19.7 Å². The monoisotopic (exact) mass is 501 g/mol. The zero-order valence-electron chi connectivity index (χ0n) is 20.7. The van der Waals surface area contributed by atoms with Crippen molar-refractivity contribution in [3.8, 4) is 5.69 Å². The number of nitrogens with one attached hydrogen (secondary N) is 1. The highest BCUT2D eigenvalue weighted by Gasteiger charge is 2.38. The molecule has 190 valence electrons. The molecule has 0 amide bonds. The predicted octanol–water partition coefficient (Wildman–Crippen LogP) is 5.15. The Labute approximate surface area is 214 Å². The Bertz CT molecular complexity index is 1410. The number of nitrogens with zero attached hydrogens (tertiary/aromatic N) is 4. The lowest BCUT2D eigenvalue weighted by molar-refractivity contribution is -0.0485. The third-order valence-electron chi connectivity index (χ3n) is 6.64. The van der Waals surface area contributed by atoms with Crippen LogP contribution >= 0.6 is 0 Å². The molecule has 2 N–H and O–H groups in total. The third kappa shape index (κ3) is 5.51. The lowest BCUT2D eigenvalue weighted by Crippen LogP contribution is -2.35. The van der Waals surface area contributed by atoms with Crippen LogP contribution < -0.4 is 5.32 Å². The Kier molecular flexibility index (Phi) is 6.71. The van der Waals surface area contributed by atoms with Gasteiger partial charge in [-0.15, -0.1) is 0 Å². The summed E-state index contributed by atoms with van der Waals surface area (Å²) in [5.74, 6) is -0.492. The van der Waals surface area contributed by atoms with Crippen LogP contribution in [-0.4, -0.2) is 36.7 Å². The van der Waals surface area contributed by atoms with E-state index in [0.717, 1.165) is 23.1 Å². The summed E-state index contributed by atoms with van der Waals surface area (Å²) < 4.78 is 21.0. The van der Waals surface area contributed by atoms with E-state index in [2.05, 4.69) is 20.3 Å². The Morgan fingerprint density at radius 1 is 1.14 bits per heavy atom. The number of benzene rings is 2. The highest BCUT2D eigenvalue weighted by atomic mass is 19.1. The maximum atomic E-state index is 13.5. The second-order valence-electron chi connectivity index (χ2n) is 9.48. The molecule has 0 unspecified atom stereocenters. The molecule has 5 rings (SSSR count). The summed E-state index contributed by atoms with van der Waals surface area (Å²) in [6.07, 6.45) is 6.39. The van der Waals surface area contributed by atoms with Gasteiger partial charge in [0.15, 0.2) is 5.82 Å². The maximum absolute atomic E-state index is 13.5. The van der Waals surface area contributed by atoms with Crippen molar-refractivity contribution in [2.45, 2.75) is 51.2 Å². The smallest absolute Gasteiger partial charge is 0.338 e. The fourth-order valence-corrected chi connectivity index (χ4v) is 4.57. The zero-order chi connectivity index (χ0) is 26.0. The van der Waals surface area contributed by atoms with Gasteiger partial charge in [0.25, 0.3) is 0 Å². The van der Waals surface area contributed by atoms with E-state index in [4.69, 9.17) is 4.74 Å². The van der Waals surface area contributed by atoms with E-state index in [-0.39, 0.29) is 17.8 Å². The van der Waals surface area contributed by atoms with Gasteiger partial charge in [0.2, 0.25) is 5.95 Å². The molecule has 0 radical (unpaired) electrons. The van der Waals surface area contributed by atoms with Gasteiger partial charge >= 0.3 is 5.97 Å². The van der Waals surface area contributed by atoms with Gasteiger partial charge in [-0.3, -0.25) is 0 Å². The maximum Gasteiger partial charge on any atom is 0.338 e. The first-order chi connectivity index (χ1) is 17.8. The van der Waals surface area contributed by atoms with Gasteiger partial charge in [-0.25, -0.2) is 24.1 Å². The van der Waals surface area contributed by atoms with Gasteiger partial charge in [-0.1, -0.05) is 18.2 Å². The lowest BCUT2D eigenvalue weighted by Gasteiger charge is -2.34. The van der Waals surface area contributed by atoms with Crippen LogP contribution in [0.5, 0.6) is 0 Å². The van der Waals surface area contributed by atoms with Crippen molar-refractivity contribution in [2.75, 3.05) is 5.32 Å². The van der Waals surface area contributed by atoms with Crippen LogP contribution in [0.25, 0.3) is 5.69 Å². The van der Waals surface area contributed by atoms with E-state index in [1.165, 1.54) is 0 Å². The van der Waals surface area contributed by atoms with Crippen molar-refractivity contribution in [1.29, 1.82) is 0 Å². The number of imidazole rings is 1. The highest BCUT2D eigenvalue weighted by molar-refractivity contribution is 5.89. The van der Waals surface area contributed by atoms with Crippen molar-refractivity contribution in [3.05, 3.63) is 95.6 Å². The molecule has 0 aliphatic heterocycles. The van der Waals surface area contributed by atoms with Gasteiger partial charge in [-0.2, -0.15) is 0 Å². The van der Waals surface area contributed by atoms with Crippen LogP contribution in [0.1, 0.15) is 53.0 Å². The minimum absolute atomic E-state index is 0.238. The molecule has 1 fully saturated rings. The first kappa shape index (κ1) is 24.6. The van der Waals surface area contributed by atoms with Crippen molar-refractivity contribution < 1.29 is 19.0 Å². The number of anilines is 2. The Morgan fingerprint density at radius 3 is 2.62 bits per heavy atom. The Balaban J connectivity index is 1.27. The SMILES string of the molecule is Cc1cc(Nc2ncc(F)c(C)n2)cc(-n2cnc([C@]3(O)CC[C@@H](OC(=O)c4ccccc4)CC3)c2)c1. The Hall–Kier alpha value is -4.11. The number of hydrogen-bond donors (Lipinski definition) is 2. The average molecular weight is 502 g/mol. The van der Waals surface area contributed by atoms with Gasteiger partial charge in [0.1, 0.15) is 11.7 Å². The van der Waals surface area contributed by atoms with E-state index in [9.17, 15) is 14.3 Å². The zero-order valence-corrected chi connectivity index (χ0v) is 20.7. The minimum atomic E-state index is -1.09. The first-order valence-corrected chi connectivity index (χ1v) is 12.2. The molecule has 2 aromatic carbocycles. The van der Waals surface area contributed by atoms with Crippen LogP contribution in [-0.2, 0) is 10.3 Å². The van der Waals surface area contributed by atoms with E-state index in [1.54, 1.807) is 37.5 Å². The standard InChI is InChI=1S/C28H28FN5O3/c1-18-12-21(33-27-30-15-24(29)19(2)32-27)14-22(13-18)34-16-25(31-17-34)28(36)10-8-23(9-11-28)37-26(35)20-6-4-3-5-7-20/h3-7,12-17,23,36H,8-11H2,1-2H3,(H,30,32,33)/t23-,28+. The van der Waals surface area contributed by atoms with Gasteiger partial charge in [0.05, 0.1) is 29.5 Å². The molecule has 0 saturated heterocycles. The number of aryl methyl sites for hydroxylation is 2. The number of halogens is 1. The van der Waals surface area contributed by atoms with Crippen LogP contribution in [0.3, 0.4) is 0 Å². The third-order valence-corrected chi connectivity index (χ3v) is 6.64. The number of rotatable bonds is 6. The van der Waals surface area contributed by atoms with Crippen LogP contribution in [0.4, 0.5) is 16.0 Å². The normalized spacial score (nSPS) is 19.4. The number of hydrogen-bond acceptors (Lipinski definition) is 7. The molecule has 2 aromatic heterocycles. The van der Waals surface area contributed by atoms with Crippen molar-refractivity contribution >= 4 is 17.6 Å². The second-order valence-corrected chi connectivity index (χ2v) is 9.48. The fourth-order valence-electron chi connectivity index (χ4n) is 4.57. The number of carbonyl (C=O) groups excluding carboxylic acids is 1. The van der Waals surface area contributed by atoms with E-state index < -0.39 is 11.4 Å². The van der Waals surface area contributed by atoms with Gasteiger partial charge < -0.3 is 19.7 Å². The van der Waals surface area contributed by atoms with Crippen molar-refractivity contribution in [2.24, 2.45) is 0 Å². The van der Waals surface area contributed by atoms with Crippen molar-refractivity contribution in [3.63, 3.8) is 0 Å². The fraction of sp³-hybridized carbons (Fsp3) is 0.286. The molecule has 8 nitrogen and oxygen atoms in total. The predicted molar refractivity (Wildman–Crippen MR) is 136 cm³/mol. The summed E-state index contributed by atoms with van der Waals surface area (Å²) in [6, 6.07) is 14.8. The highest BCUT2D eigenvalue weighted by Crippen LogP contribution is 2.38. The molecule has 1 aliphatic rings. The molecule has 0 spiro atoms. The Morgan fingerprint density at radius 2 is 1.89 bits per heavy atom. The molecule has 1 saturated carbocycles. The summed E-state index contributed by atoms with van der Waals surface area (Å²) in [5.41, 5.74) is 2.86. The number of aromatic nitrogens is 4. The topological polar surface area (TPSA) is 102 Å². The summed E-state index contributed by atoms with van der Waals surface area (Å²) in [5, 5.41) is 14.5. The van der Waals surface area contributed by atoms with Gasteiger partial charge in [-0.05, 0) is 75.4 Å². The molecule has 4 aromatic rings. The molecule has 37 heavy (non-hydrogen) atoms. The van der Waals surface area contributed by atoms with Gasteiger partial charge in [0, 0.05) is 17.6 Å². The number of aliphatic hydroxyl groups is 1. The average Bonchev–Trinajstić information content (AvgIpc) is 3.40. The summed E-state index contributed by atoms with van der Waals surface area (Å²) >= 11 is 0. The number of carbonyl (C=O) groups is 1. The van der Waals surface area contributed by atoms with Crippen LogP contribution in [0.2, 0.25) is 0 Å².